The molecule has 2 N–H and O–H groups in total. The van der Waals surface area contributed by atoms with E-state index in [9.17, 15) is 9.18 Å². The number of hydrogen-bond donors (Lipinski definition) is 2. The van der Waals surface area contributed by atoms with Gasteiger partial charge in [0.25, 0.3) is 5.91 Å². The summed E-state index contributed by atoms with van der Waals surface area (Å²) in [5.41, 5.74) is 0.223. The van der Waals surface area contributed by atoms with E-state index >= 15 is 0 Å². The van der Waals surface area contributed by atoms with Gasteiger partial charge in [0.1, 0.15) is 11.6 Å². The summed E-state index contributed by atoms with van der Waals surface area (Å²) in [7, 11) is 0. The van der Waals surface area contributed by atoms with Gasteiger partial charge in [-0.15, -0.1) is 0 Å². The van der Waals surface area contributed by atoms with Gasteiger partial charge in [-0.25, -0.2) is 9.37 Å². The molecule has 1 amide bonds. The molecule has 1 heterocycles. The molecule has 1 aromatic heterocycles. The fourth-order valence-electron chi connectivity index (χ4n) is 1.65. The molecule has 0 saturated carbocycles. The standard InChI is InChI=1S/C14H12Cl2FN3O/c1-2-18-13-10(16)5-8(7-19-13)14(21)20-12-6-9(15)3-4-11(12)17/h3-7H,2H2,1H3,(H,18,19)(H,20,21). The number of nitrogens with zero attached hydrogens (tertiary/aromatic N) is 1. The number of hydrogen-bond acceptors (Lipinski definition) is 3. The van der Waals surface area contributed by atoms with Gasteiger partial charge in [-0.3, -0.25) is 4.79 Å². The lowest BCUT2D eigenvalue weighted by Gasteiger charge is -2.09. The molecule has 0 spiro atoms. The fraction of sp³-hybridized carbons (Fsp3) is 0.143. The molecule has 0 unspecified atom stereocenters. The van der Waals surface area contributed by atoms with Gasteiger partial charge in [-0.2, -0.15) is 0 Å². The highest BCUT2D eigenvalue weighted by atomic mass is 35.5. The molecule has 1 aromatic carbocycles. The molecule has 110 valence electrons. The largest absolute Gasteiger partial charge is 0.369 e. The third-order valence-corrected chi connectivity index (χ3v) is 3.15. The predicted octanol–water partition coefficient (Wildman–Crippen LogP) is 4.21. The SMILES string of the molecule is CCNc1ncc(C(=O)Nc2cc(Cl)ccc2F)cc1Cl. The first-order valence-corrected chi connectivity index (χ1v) is 6.92. The topological polar surface area (TPSA) is 54.0 Å². The molecule has 0 saturated heterocycles. The second-order valence-corrected chi connectivity index (χ2v) is 5.01. The molecule has 21 heavy (non-hydrogen) atoms. The van der Waals surface area contributed by atoms with Crippen molar-refractivity contribution in [3.63, 3.8) is 0 Å². The number of aromatic nitrogens is 1. The Kier molecular flexibility index (Phi) is 4.98. The summed E-state index contributed by atoms with van der Waals surface area (Å²) in [4.78, 5) is 16.1. The number of nitrogens with one attached hydrogen (secondary N) is 2. The normalized spacial score (nSPS) is 10.3. The Bertz CT molecular complexity index is 679. The molecular weight excluding hydrogens is 316 g/mol. The second kappa shape index (κ2) is 6.74. The van der Waals surface area contributed by atoms with Crippen molar-refractivity contribution in [1.82, 2.24) is 4.98 Å². The van der Waals surface area contributed by atoms with Gasteiger partial charge in [0.2, 0.25) is 0 Å². The number of carbonyl (C=O) groups excluding carboxylic acids is 1. The summed E-state index contributed by atoms with van der Waals surface area (Å²) in [5.74, 6) is -0.602. The molecule has 0 aliphatic carbocycles. The van der Waals surface area contributed by atoms with Crippen molar-refractivity contribution in [2.45, 2.75) is 6.92 Å². The van der Waals surface area contributed by atoms with E-state index in [4.69, 9.17) is 23.2 Å². The van der Waals surface area contributed by atoms with Gasteiger partial charge >= 0.3 is 0 Å². The van der Waals surface area contributed by atoms with Crippen LogP contribution in [0.25, 0.3) is 0 Å². The average Bonchev–Trinajstić information content (AvgIpc) is 2.45. The lowest BCUT2D eigenvalue weighted by atomic mass is 10.2. The van der Waals surface area contributed by atoms with Crippen LogP contribution < -0.4 is 10.6 Å². The number of amides is 1. The van der Waals surface area contributed by atoms with Gasteiger partial charge in [0, 0.05) is 17.8 Å². The summed E-state index contributed by atoms with van der Waals surface area (Å²) in [6, 6.07) is 5.37. The third-order valence-electron chi connectivity index (χ3n) is 2.62. The number of pyridine rings is 1. The van der Waals surface area contributed by atoms with Crippen LogP contribution in [-0.2, 0) is 0 Å². The van der Waals surface area contributed by atoms with Crippen LogP contribution >= 0.6 is 23.2 Å². The number of halogens is 3. The van der Waals surface area contributed by atoms with Crippen molar-refractivity contribution in [2.24, 2.45) is 0 Å². The smallest absolute Gasteiger partial charge is 0.257 e. The number of anilines is 2. The van der Waals surface area contributed by atoms with Gasteiger partial charge in [0.15, 0.2) is 0 Å². The van der Waals surface area contributed by atoms with Gasteiger partial charge in [0.05, 0.1) is 16.3 Å². The average molecular weight is 328 g/mol. The van der Waals surface area contributed by atoms with Crippen LogP contribution in [0.5, 0.6) is 0 Å². The summed E-state index contributed by atoms with van der Waals surface area (Å²) in [6.07, 6.45) is 1.36. The maximum absolute atomic E-state index is 13.6. The third kappa shape index (κ3) is 3.83. The van der Waals surface area contributed by atoms with Crippen molar-refractivity contribution in [3.8, 4) is 0 Å². The van der Waals surface area contributed by atoms with Crippen LogP contribution in [0, 0.1) is 5.82 Å². The zero-order valence-corrected chi connectivity index (χ0v) is 12.6. The highest BCUT2D eigenvalue weighted by Gasteiger charge is 2.12. The molecular formula is C14H12Cl2FN3O. The first kappa shape index (κ1) is 15.5. The molecule has 2 aromatic rings. The summed E-state index contributed by atoms with van der Waals surface area (Å²) < 4.78 is 13.6. The van der Waals surface area contributed by atoms with Crippen molar-refractivity contribution < 1.29 is 9.18 Å². The molecule has 0 bridgehead atoms. The van der Waals surface area contributed by atoms with E-state index in [2.05, 4.69) is 15.6 Å². The Morgan fingerprint density at radius 1 is 1.33 bits per heavy atom. The second-order valence-electron chi connectivity index (χ2n) is 4.16. The Morgan fingerprint density at radius 2 is 2.10 bits per heavy atom. The summed E-state index contributed by atoms with van der Waals surface area (Å²) >= 11 is 11.8. The van der Waals surface area contributed by atoms with Crippen molar-refractivity contribution in [3.05, 3.63) is 51.9 Å². The van der Waals surface area contributed by atoms with E-state index < -0.39 is 11.7 Å². The predicted molar refractivity (Wildman–Crippen MR) is 82.8 cm³/mol. The highest BCUT2D eigenvalue weighted by Crippen LogP contribution is 2.22. The van der Waals surface area contributed by atoms with E-state index in [-0.39, 0.29) is 11.3 Å². The minimum Gasteiger partial charge on any atom is -0.369 e. The molecule has 0 atom stereocenters. The maximum Gasteiger partial charge on any atom is 0.257 e. The Balaban J connectivity index is 2.20. The monoisotopic (exact) mass is 327 g/mol. The van der Waals surface area contributed by atoms with E-state index in [1.807, 2.05) is 6.92 Å². The first-order chi connectivity index (χ1) is 10.0. The molecule has 0 aliphatic heterocycles. The lowest BCUT2D eigenvalue weighted by molar-refractivity contribution is 0.102. The maximum atomic E-state index is 13.6. The molecule has 4 nitrogen and oxygen atoms in total. The lowest BCUT2D eigenvalue weighted by Crippen LogP contribution is -2.14. The molecule has 2 rings (SSSR count). The quantitative estimate of drug-likeness (QED) is 0.884. The summed E-state index contributed by atoms with van der Waals surface area (Å²) in [5, 5.41) is 6.02. The number of carbonyl (C=O) groups is 1. The van der Waals surface area contributed by atoms with Gasteiger partial charge < -0.3 is 10.6 Å². The van der Waals surface area contributed by atoms with E-state index in [0.717, 1.165) is 0 Å². The van der Waals surface area contributed by atoms with Crippen molar-refractivity contribution in [2.75, 3.05) is 17.2 Å². The molecule has 0 aliphatic rings. The summed E-state index contributed by atoms with van der Waals surface area (Å²) in [6.45, 7) is 2.56. The first-order valence-electron chi connectivity index (χ1n) is 6.17. The number of benzene rings is 1. The Labute approximate surface area is 131 Å². The zero-order valence-electron chi connectivity index (χ0n) is 11.1. The van der Waals surface area contributed by atoms with Gasteiger partial charge in [-0.1, -0.05) is 23.2 Å². The van der Waals surface area contributed by atoms with Crippen molar-refractivity contribution >= 4 is 40.6 Å². The highest BCUT2D eigenvalue weighted by molar-refractivity contribution is 6.33. The molecule has 7 heteroatoms. The minimum absolute atomic E-state index is 0.000572. The van der Waals surface area contributed by atoms with Crippen LogP contribution in [0.3, 0.4) is 0 Å². The van der Waals surface area contributed by atoms with Crippen LogP contribution in [-0.4, -0.2) is 17.4 Å². The van der Waals surface area contributed by atoms with E-state index in [1.54, 1.807) is 0 Å². The minimum atomic E-state index is -0.573. The van der Waals surface area contributed by atoms with Crippen LogP contribution in [0.15, 0.2) is 30.5 Å². The Morgan fingerprint density at radius 3 is 2.76 bits per heavy atom. The van der Waals surface area contributed by atoms with Crippen molar-refractivity contribution in [1.29, 1.82) is 0 Å². The van der Waals surface area contributed by atoms with Crippen LogP contribution in [0.4, 0.5) is 15.9 Å². The Hall–Kier alpha value is -1.85. The van der Waals surface area contributed by atoms with Gasteiger partial charge in [-0.05, 0) is 31.2 Å². The molecule has 0 radical (unpaired) electrons. The number of rotatable bonds is 4. The fourth-order valence-corrected chi connectivity index (χ4v) is 2.05. The molecule has 0 fully saturated rings. The van der Waals surface area contributed by atoms with Crippen LogP contribution in [0.2, 0.25) is 10.0 Å². The van der Waals surface area contributed by atoms with E-state index in [1.165, 1.54) is 30.5 Å². The zero-order chi connectivity index (χ0) is 15.4. The van der Waals surface area contributed by atoms with Crippen LogP contribution in [0.1, 0.15) is 17.3 Å². The van der Waals surface area contributed by atoms with E-state index in [0.29, 0.717) is 22.4 Å².